The summed E-state index contributed by atoms with van der Waals surface area (Å²) in [4.78, 5) is 6.93. The van der Waals surface area contributed by atoms with E-state index in [1.54, 1.807) is 93.7 Å². The molecule has 0 aliphatic heterocycles. The Morgan fingerprint density at radius 3 is 1.31 bits per heavy atom. The van der Waals surface area contributed by atoms with Crippen LogP contribution in [0.2, 0.25) is 0 Å². The van der Waals surface area contributed by atoms with Gasteiger partial charge in [0.05, 0.1) is 5.16 Å². The van der Waals surface area contributed by atoms with Gasteiger partial charge in [-0.3, -0.25) is 0 Å². The van der Waals surface area contributed by atoms with Crippen molar-refractivity contribution in [2.24, 2.45) is 35.5 Å². The number of hydrogen-bond acceptors (Lipinski definition) is 0. The first-order valence-electron chi connectivity index (χ1n) is 19.8. The summed E-state index contributed by atoms with van der Waals surface area (Å²) >= 11 is 0. The van der Waals surface area contributed by atoms with Crippen molar-refractivity contribution in [2.45, 2.75) is 151 Å². The monoisotopic (exact) mass is 680 g/mol. The third-order valence-corrected chi connectivity index (χ3v) is 19.9. The Labute approximate surface area is 295 Å². The van der Waals surface area contributed by atoms with Gasteiger partial charge in [0.2, 0.25) is 0 Å². The molecule has 8 fully saturated rings. The molecular weight excluding hydrogens is 618 g/mol. The molecule has 2 aromatic heterocycles. The SMILES string of the molecule is CC(C)(C)c1cc(CP(C23CC4CC(CC(C4)C2)C3)C23CC4CC(CC(C4)C2)C3)c(C(P)(c2cc[nH]c2)c2cc[nH]c2)cc1C(C)(C)C. The lowest BCUT2D eigenvalue weighted by Gasteiger charge is -2.67. The zero-order valence-corrected chi connectivity index (χ0v) is 32.8. The van der Waals surface area contributed by atoms with Crippen LogP contribution in [0.25, 0.3) is 0 Å². The van der Waals surface area contributed by atoms with E-state index in [1.165, 1.54) is 22.9 Å². The second-order valence-electron chi connectivity index (χ2n) is 20.4. The summed E-state index contributed by atoms with van der Waals surface area (Å²) in [5.74, 6) is 6.10. The van der Waals surface area contributed by atoms with Crippen LogP contribution in [-0.4, -0.2) is 20.3 Å². The van der Waals surface area contributed by atoms with Crippen molar-refractivity contribution in [3.8, 4) is 0 Å². The summed E-state index contributed by atoms with van der Waals surface area (Å²) in [5.41, 5.74) is 9.19. The Balaban J connectivity index is 1.27. The first-order valence-corrected chi connectivity index (χ1v) is 21.9. The van der Waals surface area contributed by atoms with E-state index < -0.39 is 0 Å². The van der Waals surface area contributed by atoms with Gasteiger partial charge in [0.1, 0.15) is 0 Å². The van der Waals surface area contributed by atoms with Crippen LogP contribution in [0.15, 0.2) is 49.1 Å². The van der Waals surface area contributed by atoms with Crippen LogP contribution in [0.3, 0.4) is 0 Å². The minimum Gasteiger partial charge on any atom is -0.367 e. The van der Waals surface area contributed by atoms with Crippen molar-refractivity contribution in [1.29, 1.82) is 0 Å². The fraction of sp³-hybridized carbons (Fsp3) is 0.682. The highest BCUT2D eigenvalue weighted by Crippen LogP contribution is 2.80. The molecule has 3 aromatic rings. The molecule has 8 bridgehead atoms. The van der Waals surface area contributed by atoms with Crippen LogP contribution in [0.4, 0.5) is 0 Å². The number of rotatable bonds is 7. The molecule has 0 saturated heterocycles. The van der Waals surface area contributed by atoms with Crippen LogP contribution in [0.5, 0.6) is 0 Å². The zero-order chi connectivity index (χ0) is 33.3. The van der Waals surface area contributed by atoms with E-state index in [-0.39, 0.29) is 23.9 Å². The molecule has 1 atom stereocenters. The lowest BCUT2D eigenvalue weighted by atomic mass is 9.55. The predicted molar refractivity (Wildman–Crippen MR) is 207 cm³/mol. The molecule has 48 heavy (non-hydrogen) atoms. The molecule has 0 radical (unpaired) electrons. The molecule has 0 amide bonds. The Hall–Kier alpha value is -1.36. The minimum atomic E-state index is -0.310. The maximum absolute atomic E-state index is 3.47. The van der Waals surface area contributed by atoms with E-state index >= 15 is 0 Å². The van der Waals surface area contributed by atoms with E-state index in [4.69, 9.17) is 0 Å². The fourth-order valence-corrected chi connectivity index (χ4v) is 19.6. The third kappa shape index (κ3) is 5.14. The van der Waals surface area contributed by atoms with Crippen molar-refractivity contribution in [3.05, 3.63) is 82.4 Å². The number of aromatic amines is 2. The van der Waals surface area contributed by atoms with E-state index in [9.17, 15) is 0 Å². The largest absolute Gasteiger partial charge is 0.367 e. The van der Waals surface area contributed by atoms with Gasteiger partial charge in [-0.15, -0.1) is 9.24 Å². The summed E-state index contributed by atoms with van der Waals surface area (Å²) in [6.45, 7) is 14.7. The predicted octanol–water partition coefficient (Wildman–Crippen LogP) is 12.0. The summed E-state index contributed by atoms with van der Waals surface area (Å²) in [6, 6.07) is 10.2. The molecule has 2 N–H and O–H groups in total. The Morgan fingerprint density at radius 1 is 0.604 bits per heavy atom. The fourth-order valence-electron chi connectivity index (χ4n) is 13.8. The molecule has 1 aromatic carbocycles. The van der Waals surface area contributed by atoms with Gasteiger partial charge in [0.15, 0.2) is 0 Å². The Morgan fingerprint density at radius 2 is 0.979 bits per heavy atom. The average molecular weight is 681 g/mol. The van der Waals surface area contributed by atoms with Gasteiger partial charge >= 0.3 is 0 Å². The molecule has 8 saturated carbocycles. The second-order valence-corrected chi connectivity index (χ2v) is 24.4. The highest BCUT2D eigenvalue weighted by molar-refractivity contribution is 7.60. The molecule has 2 heterocycles. The first kappa shape index (κ1) is 32.5. The topological polar surface area (TPSA) is 31.6 Å². The molecule has 1 unspecified atom stereocenters. The number of H-pyrrole nitrogens is 2. The standard InChI is InChI=1S/C44H62N2P2/c1-40(2,3)38-17-34(37(18-39(38)41(4,5)6)44(47,35-7-9-45-25-35)36-8-10-46-26-36)27-48(42-19-28-11-29(20-42)13-30(12-28)21-42)43-22-31-14-32(23-43)16-33(15-31)24-43/h7-10,17-18,25-26,28-33,45-46H,11-16,19-24,27,47H2,1-6H3. The molecule has 258 valence electrons. The second kappa shape index (κ2) is 11.1. The molecule has 4 heteroatoms. The summed E-state index contributed by atoms with van der Waals surface area (Å²) in [5, 5.41) is 0.919. The Bertz CT molecular complexity index is 1500. The highest BCUT2D eigenvalue weighted by atomic mass is 31.1. The van der Waals surface area contributed by atoms with Crippen molar-refractivity contribution in [2.75, 3.05) is 0 Å². The smallest absolute Gasteiger partial charge is 0.0623 e. The van der Waals surface area contributed by atoms with Crippen molar-refractivity contribution in [3.63, 3.8) is 0 Å². The quantitative estimate of drug-likeness (QED) is 0.233. The number of nitrogens with one attached hydrogen (secondary N) is 2. The van der Waals surface area contributed by atoms with Gasteiger partial charge in [0, 0.05) is 24.8 Å². The van der Waals surface area contributed by atoms with Crippen LogP contribution >= 0.6 is 17.2 Å². The van der Waals surface area contributed by atoms with E-state index in [0.717, 1.165) is 35.5 Å². The summed E-state index contributed by atoms with van der Waals surface area (Å²) in [7, 11) is 3.27. The highest BCUT2D eigenvalue weighted by Gasteiger charge is 2.62. The molecule has 8 aliphatic rings. The van der Waals surface area contributed by atoms with Gasteiger partial charge in [-0.1, -0.05) is 61.6 Å². The molecular formula is C44H62N2P2. The maximum Gasteiger partial charge on any atom is 0.0623 e. The van der Waals surface area contributed by atoms with Gasteiger partial charge < -0.3 is 9.97 Å². The average Bonchev–Trinajstić information content (AvgIpc) is 3.73. The van der Waals surface area contributed by atoms with E-state index in [0.29, 0.717) is 10.3 Å². The summed E-state index contributed by atoms with van der Waals surface area (Å²) in [6.07, 6.45) is 28.8. The first-order chi connectivity index (χ1) is 22.7. The van der Waals surface area contributed by atoms with E-state index in [2.05, 4.69) is 110 Å². The molecule has 0 spiro atoms. The Kier molecular flexibility index (Phi) is 7.50. The van der Waals surface area contributed by atoms with Crippen LogP contribution < -0.4 is 0 Å². The zero-order valence-electron chi connectivity index (χ0n) is 30.8. The lowest BCUT2D eigenvalue weighted by Crippen LogP contribution is -2.56. The third-order valence-electron chi connectivity index (χ3n) is 14.9. The molecule has 2 nitrogen and oxygen atoms in total. The van der Waals surface area contributed by atoms with Crippen LogP contribution in [-0.2, 0) is 22.1 Å². The summed E-state index contributed by atoms with van der Waals surface area (Å²) < 4.78 is 0. The normalized spacial score (nSPS) is 36.2. The number of benzene rings is 1. The van der Waals surface area contributed by atoms with Gasteiger partial charge in [-0.05, 0) is 185 Å². The number of aromatic nitrogens is 2. The number of hydrogen-bond donors (Lipinski definition) is 2. The van der Waals surface area contributed by atoms with Gasteiger partial charge in [-0.2, -0.15) is 0 Å². The molecule has 8 aliphatic carbocycles. The van der Waals surface area contributed by atoms with Crippen molar-refractivity contribution in [1.82, 2.24) is 9.97 Å². The van der Waals surface area contributed by atoms with Crippen molar-refractivity contribution >= 4 is 17.2 Å². The minimum absolute atomic E-state index is 0.0579. The van der Waals surface area contributed by atoms with Gasteiger partial charge in [-0.25, -0.2) is 0 Å². The van der Waals surface area contributed by atoms with E-state index in [1.807, 2.05) is 0 Å². The van der Waals surface area contributed by atoms with Crippen molar-refractivity contribution < 1.29 is 0 Å². The van der Waals surface area contributed by atoms with Crippen LogP contribution in [0.1, 0.15) is 152 Å². The van der Waals surface area contributed by atoms with Crippen LogP contribution in [0, 0.1) is 35.5 Å². The van der Waals surface area contributed by atoms with Gasteiger partial charge in [0.25, 0.3) is 0 Å². The molecule has 11 rings (SSSR count). The maximum atomic E-state index is 3.47. The lowest BCUT2D eigenvalue weighted by molar-refractivity contribution is 0.0184.